The Hall–Kier alpha value is -3.43. The van der Waals surface area contributed by atoms with Gasteiger partial charge in [0, 0.05) is 19.1 Å². The van der Waals surface area contributed by atoms with Crippen LogP contribution in [0.1, 0.15) is 23.5 Å². The van der Waals surface area contributed by atoms with Gasteiger partial charge in [-0.3, -0.25) is 4.79 Å². The Kier molecular flexibility index (Phi) is 7.21. The third-order valence-corrected chi connectivity index (χ3v) is 5.77. The van der Waals surface area contributed by atoms with Crippen molar-refractivity contribution < 1.29 is 33.7 Å². The van der Waals surface area contributed by atoms with Gasteiger partial charge in [-0.2, -0.15) is 0 Å². The van der Waals surface area contributed by atoms with E-state index in [2.05, 4.69) is 22.8 Å². The third kappa shape index (κ3) is 5.32. The van der Waals surface area contributed by atoms with Gasteiger partial charge in [-0.15, -0.1) is 0 Å². The summed E-state index contributed by atoms with van der Waals surface area (Å²) in [6.45, 7) is 0.299. The summed E-state index contributed by atoms with van der Waals surface area (Å²) in [7, 11) is 0. The van der Waals surface area contributed by atoms with Crippen LogP contribution in [0.15, 0.2) is 48.5 Å². The standard InChI is InChI=1S/C24H26N2O7/c27-21(28)14-31-12-10-25-23(29)22-20(9-11-32-22)26-24(30)33-13-19-17-7-3-1-5-15(17)16-6-2-4-8-18(16)19/h1-8,19-20,22H,9-14H2,(H,25,29)(H,26,30)(H,27,28)/t20-,22+/m1/s1. The molecule has 0 aromatic heterocycles. The predicted octanol–water partition coefficient (Wildman–Crippen LogP) is 1.90. The fraction of sp³-hybridized carbons (Fsp3) is 0.375. The van der Waals surface area contributed by atoms with Crippen molar-refractivity contribution in [3.8, 4) is 11.1 Å². The van der Waals surface area contributed by atoms with Crippen molar-refractivity contribution in [3.63, 3.8) is 0 Å². The quantitative estimate of drug-likeness (QED) is 0.495. The van der Waals surface area contributed by atoms with Crippen molar-refractivity contribution in [2.45, 2.75) is 24.5 Å². The number of hydrogen-bond acceptors (Lipinski definition) is 6. The van der Waals surface area contributed by atoms with Crippen LogP contribution in [-0.4, -0.2) is 68.2 Å². The van der Waals surface area contributed by atoms with E-state index in [0.29, 0.717) is 13.0 Å². The number of nitrogens with one attached hydrogen (secondary N) is 2. The number of fused-ring (bicyclic) bond motifs is 3. The Morgan fingerprint density at radius 1 is 1.03 bits per heavy atom. The number of carboxylic acids is 1. The number of benzene rings is 2. The first-order valence-electron chi connectivity index (χ1n) is 10.8. The van der Waals surface area contributed by atoms with Crippen molar-refractivity contribution in [1.82, 2.24) is 10.6 Å². The first kappa shape index (κ1) is 22.8. The Bertz CT molecular complexity index is 980. The number of carboxylic acid groups (broad SMARTS) is 1. The predicted molar refractivity (Wildman–Crippen MR) is 118 cm³/mol. The van der Waals surface area contributed by atoms with Gasteiger partial charge >= 0.3 is 12.1 Å². The molecule has 2 amide bonds. The summed E-state index contributed by atoms with van der Waals surface area (Å²) in [5.41, 5.74) is 4.54. The van der Waals surface area contributed by atoms with Gasteiger partial charge in [0.15, 0.2) is 6.10 Å². The monoisotopic (exact) mass is 454 g/mol. The molecule has 1 saturated heterocycles. The van der Waals surface area contributed by atoms with Crippen molar-refractivity contribution in [3.05, 3.63) is 59.7 Å². The van der Waals surface area contributed by atoms with Gasteiger partial charge in [-0.25, -0.2) is 9.59 Å². The van der Waals surface area contributed by atoms with Crippen LogP contribution in [0, 0.1) is 0 Å². The van der Waals surface area contributed by atoms with Crippen LogP contribution in [0.25, 0.3) is 11.1 Å². The summed E-state index contributed by atoms with van der Waals surface area (Å²) in [6.07, 6.45) is -0.961. The van der Waals surface area contributed by atoms with E-state index < -0.39 is 36.7 Å². The van der Waals surface area contributed by atoms with Gasteiger partial charge < -0.3 is 30.0 Å². The molecular formula is C24H26N2O7. The summed E-state index contributed by atoms with van der Waals surface area (Å²) < 4.78 is 15.9. The summed E-state index contributed by atoms with van der Waals surface area (Å²) in [4.78, 5) is 35.3. The second-order valence-corrected chi connectivity index (χ2v) is 7.89. The zero-order valence-corrected chi connectivity index (χ0v) is 18.0. The van der Waals surface area contributed by atoms with Gasteiger partial charge in [0.25, 0.3) is 5.91 Å². The Morgan fingerprint density at radius 2 is 1.70 bits per heavy atom. The van der Waals surface area contributed by atoms with Gasteiger partial charge in [0.2, 0.25) is 0 Å². The third-order valence-electron chi connectivity index (χ3n) is 5.77. The number of aliphatic carboxylic acids is 1. The topological polar surface area (TPSA) is 123 Å². The van der Waals surface area contributed by atoms with Gasteiger partial charge in [0.05, 0.1) is 12.6 Å². The van der Waals surface area contributed by atoms with E-state index in [4.69, 9.17) is 19.3 Å². The molecule has 1 aliphatic carbocycles. The molecule has 4 rings (SSSR count). The smallest absolute Gasteiger partial charge is 0.407 e. The highest BCUT2D eigenvalue weighted by Gasteiger charge is 2.36. The molecule has 0 radical (unpaired) electrons. The number of carbonyl (C=O) groups excluding carboxylic acids is 2. The molecule has 0 saturated carbocycles. The lowest BCUT2D eigenvalue weighted by Crippen LogP contribution is -2.49. The maximum absolute atomic E-state index is 12.5. The van der Waals surface area contributed by atoms with E-state index in [0.717, 1.165) is 22.3 Å². The van der Waals surface area contributed by atoms with Gasteiger partial charge in [-0.05, 0) is 28.7 Å². The second-order valence-electron chi connectivity index (χ2n) is 7.89. The molecule has 1 aliphatic heterocycles. The first-order valence-corrected chi connectivity index (χ1v) is 10.8. The van der Waals surface area contributed by atoms with Crippen LogP contribution in [0.4, 0.5) is 4.79 Å². The highest BCUT2D eigenvalue weighted by molar-refractivity contribution is 5.83. The van der Waals surface area contributed by atoms with Crippen LogP contribution in [0.3, 0.4) is 0 Å². The molecule has 0 bridgehead atoms. The first-order chi connectivity index (χ1) is 16.0. The molecule has 3 N–H and O–H groups in total. The summed E-state index contributed by atoms with van der Waals surface area (Å²) >= 11 is 0. The summed E-state index contributed by atoms with van der Waals surface area (Å²) in [5, 5.41) is 13.9. The number of ether oxygens (including phenoxy) is 3. The lowest BCUT2D eigenvalue weighted by molar-refractivity contribution is -0.142. The Labute approximate surface area is 191 Å². The van der Waals surface area contributed by atoms with Crippen molar-refractivity contribution in [2.24, 2.45) is 0 Å². The molecule has 2 aromatic rings. The van der Waals surface area contributed by atoms with Crippen LogP contribution >= 0.6 is 0 Å². The molecule has 1 heterocycles. The Morgan fingerprint density at radius 3 is 2.36 bits per heavy atom. The zero-order chi connectivity index (χ0) is 23.2. The molecule has 0 spiro atoms. The van der Waals surface area contributed by atoms with E-state index >= 15 is 0 Å². The molecular weight excluding hydrogens is 428 g/mol. The molecule has 2 aromatic carbocycles. The van der Waals surface area contributed by atoms with Crippen LogP contribution in [-0.2, 0) is 23.8 Å². The van der Waals surface area contributed by atoms with Crippen molar-refractivity contribution in [2.75, 3.05) is 33.0 Å². The minimum absolute atomic E-state index is 0.0483. The average molecular weight is 454 g/mol. The number of amides is 2. The van der Waals surface area contributed by atoms with Crippen molar-refractivity contribution >= 4 is 18.0 Å². The second kappa shape index (κ2) is 10.5. The van der Waals surface area contributed by atoms with E-state index in [9.17, 15) is 14.4 Å². The normalized spacial score (nSPS) is 18.9. The maximum Gasteiger partial charge on any atom is 0.407 e. The molecule has 0 unspecified atom stereocenters. The van der Waals surface area contributed by atoms with Crippen LogP contribution in [0.5, 0.6) is 0 Å². The average Bonchev–Trinajstić information content (AvgIpc) is 3.39. The van der Waals surface area contributed by atoms with Gasteiger partial charge in [-0.1, -0.05) is 48.5 Å². The number of alkyl carbamates (subject to hydrolysis) is 1. The molecule has 9 nitrogen and oxygen atoms in total. The highest BCUT2D eigenvalue weighted by Crippen LogP contribution is 2.44. The summed E-state index contributed by atoms with van der Waals surface area (Å²) in [5.74, 6) is -1.52. The van der Waals surface area contributed by atoms with E-state index in [1.165, 1.54) is 0 Å². The fourth-order valence-electron chi connectivity index (χ4n) is 4.29. The number of hydrogen-bond donors (Lipinski definition) is 3. The van der Waals surface area contributed by atoms with Crippen LogP contribution in [0.2, 0.25) is 0 Å². The zero-order valence-electron chi connectivity index (χ0n) is 18.0. The molecule has 174 valence electrons. The molecule has 1 fully saturated rings. The van der Waals surface area contributed by atoms with Crippen molar-refractivity contribution in [1.29, 1.82) is 0 Å². The minimum Gasteiger partial charge on any atom is -0.480 e. The van der Waals surface area contributed by atoms with Gasteiger partial charge in [0.1, 0.15) is 13.2 Å². The van der Waals surface area contributed by atoms with E-state index in [-0.39, 0.29) is 25.7 Å². The van der Waals surface area contributed by atoms with Crippen LogP contribution < -0.4 is 10.6 Å². The lowest BCUT2D eigenvalue weighted by Gasteiger charge is -2.20. The van der Waals surface area contributed by atoms with E-state index in [1.54, 1.807) is 0 Å². The minimum atomic E-state index is -1.08. The lowest BCUT2D eigenvalue weighted by atomic mass is 9.98. The maximum atomic E-state index is 12.5. The summed E-state index contributed by atoms with van der Waals surface area (Å²) in [6, 6.07) is 15.7. The molecule has 2 atom stereocenters. The number of carbonyl (C=O) groups is 3. The molecule has 2 aliphatic rings. The van der Waals surface area contributed by atoms with E-state index in [1.807, 2.05) is 36.4 Å². The Balaban J connectivity index is 1.28. The molecule has 33 heavy (non-hydrogen) atoms. The largest absolute Gasteiger partial charge is 0.480 e. The highest BCUT2D eigenvalue weighted by atomic mass is 16.6. The number of rotatable bonds is 9. The SMILES string of the molecule is O=C(O)COCCNC(=O)[C@H]1OCC[C@H]1NC(=O)OCC1c2ccccc2-c2ccccc21. The fourth-order valence-corrected chi connectivity index (χ4v) is 4.29. The molecule has 9 heteroatoms.